The van der Waals surface area contributed by atoms with E-state index in [0.29, 0.717) is 22.3 Å². The number of aryl methyl sites for hydroxylation is 1. The van der Waals surface area contributed by atoms with E-state index in [-0.39, 0.29) is 0 Å². The molecule has 0 amide bonds. The van der Waals surface area contributed by atoms with Gasteiger partial charge in [0.15, 0.2) is 11.1 Å². The van der Waals surface area contributed by atoms with Crippen LogP contribution in [0.2, 0.25) is 0 Å². The molecule has 2 heterocycles. The third-order valence-corrected chi connectivity index (χ3v) is 5.53. The number of hydrogen-bond donors (Lipinski definition) is 4. The Kier molecular flexibility index (Phi) is 6.22. The van der Waals surface area contributed by atoms with Gasteiger partial charge in [-0.15, -0.1) is 0 Å². The Labute approximate surface area is 178 Å². The Bertz CT molecular complexity index is 1040. The highest BCUT2D eigenvalue weighted by molar-refractivity contribution is 7.79. The lowest BCUT2D eigenvalue weighted by atomic mass is 10.2. The lowest BCUT2D eigenvalue weighted by Crippen LogP contribution is -2.43. The van der Waals surface area contributed by atoms with Crippen molar-refractivity contribution in [3.63, 3.8) is 0 Å². The highest BCUT2D eigenvalue weighted by Gasteiger charge is 2.11. The van der Waals surface area contributed by atoms with E-state index in [0.717, 1.165) is 37.4 Å². The molecule has 9 heteroatoms. The lowest BCUT2D eigenvalue weighted by molar-refractivity contribution is 0.564. The minimum atomic E-state index is -2.03. The Morgan fingerprint density at radius 3 is 2.57 bits per heavy atom. The van der Waals surface area contributed by atoms with Gasteiger partial charge in [-0.1, -0.05) is 6.07 Å². The largest absolute Gasteiger partial charge is 0.369 e. The Hall–Kier alpha value is -3.01. The van der Waals surface area contributed by atoms with Crippen molar-refractivity contribution in [1.82, 2.24) is 15.3 Å². The van der Waals surface area contributed by atoms with E-state index in [1.807, 2.05) is 25.1 Å². The summed E-state index contributed by atoms with van der Waals surface area (Å²) < 4.78 is 20.6. The van der Waals surface area contributed by atoms with Gasteiger partial charge in [-0.3, -0.25) is 0 Å². The number of benzene rings is 2. The van der Waals surface area contributed by atoms with Crippen LogP contribution in [0.15, 0.2) is 59.6 Å². The zero-order chi connectivity index (χ0) is 20.9. The summed E-state index contributed by atoms with van der Waals surface area (Å²) in [6, 6.07) is 15.0. The second kappa shape index (κ2) is 9.21. The number of nitrogens with one attached hydrogen (secondary N) is 3. The number of piperazine rings is 1. The molecule has 1 aromatic heterocycles. The molecule has 0 saturated carbocycles. The van der Waals surface area contributed by atoms with Crippen LogP contribution in [0, 0.1) is 6.92 Å². The SMILES string of the molecule is Cc1cnc(Nc2ccc(N3CCNCC3)cc2)nc1Nc1cccc(S(=O)O)c1. The summed E-state index contributed by atoms with van der Waals surface area (Å²) in [5.41, 5.74) is 3.66. The quantitative estimate of drug-likeness (QED) is 0.447. The first-order valence-electron chi connectivity index (χ1n) is 9.73. The molecule has 3 aromatic rings. The van der Waals surface area contributed by atoms with Crippen molar-refractivity contribution in [2.75, 3.05) is 41.7 Å². The molecule has 8 nitrogen and oxygen atoms in total. The van der Waals surface area contributed by atoms with Crippen molar-refractivity contribution in [2.45, 2.75) is 11.8 Å². The van der Waals surface area contributed by atoms with Gasteiger partial charge < -0.3 is 25.4 Å². The molecule has 156 valence electrons. The molecule has 1 saturated heterocycles. The van der Waals surface area contributed by atoms with Crippen LogP contribution in [0.3, 0.4) is 0 Å². The van der Waals surface area contributed by atoms with E-state index in [2.05, 4.69) is 43.0 Å². The van der Waals surface area contributed by atoms with Gasteiger partial charge in [0.25, 0.3) is 0 Å². The topological polar surface area (TPSA) is 102 Å². The maximum absolute atomic E-state index is 11.3. The summed E-state index contributed by atoms with van der Waals surface area (Å²) in [5.74, 6) is 1.10. The molecule has 2 aromatic carbocycles. The van der Waals surface area contributed by atoms with E-state index in [9.17, 15) is 8.76 Å². The van der Waals surface area contributed by atoms with E-state index < -0.39 is 11.1 Å². The first kappa shape index (κ1) is 20.3. The summed E-state index contributed by atoms with van der Waals surface area (Å²) in [6.45, 7) is 5.93. The Morgan fingerprint density at radius 1 is 1.07 bits per heavy atom. The molecule has 1 atom stereocenters. The summed E-state index contributed by atoms with van der Waals surface area (Å²) >= 11 is -2.03. The molecule has 0 radical (unpaired) electrons. The molecule has 1 aliphatic heterocycles. The van der Waals surface area contributed by atoms with Gasteiger partial charge in [0.2, 0.25) is 5.95 Å². The first-order valence-corrected chi connectivity index (χ1v) is 10.8. The molecule has 30 heavy (non-hydrogen) atoms. The van der Waals surface area contributed by atoms with Gasteiger partial charge in [-0.25, -0.2) is 9.19 Å². The lowest BCUT2D eigenvalue weighted by Gasteiger charge is -2.29. The molecular formula is C21H24N6O2S. The average molecular weight is 425 g/mol. The van der Waals surface area contributed by atoms with Crippen LogP contribution in [0.25, 0.3) is 0 Å². The average Bonchev–Trinajstić information content (AvgIpc) is 2.77. The van der Waals surface area contributed by atoms with E-state index in [1.165, 1.54) is 5.69 Å². The van der Waals surface area contributed by atoms with Crippen molar-refractivity contribution in [2.24, 2.45) is 0 Å². The van der Waals surface area contributed by atoms with Crippen LogP contribution >= 0.6 is 0 Å². The fourth-order valence-electron chi connectivity index (χ4n) is 3.26. The van der Waals surface area contributed by atoms with E-state index >= 15 is 0 Å². The highest BCUT2D eigenvalue weighted by Crippen LogP contribution is 2.24. The van der Waals surface area contributed by atoms with Crippen molar-refractivity contribution >= 4 is 39.9 Å². The third kappa shape index (κ3) is 4.93. The molecule has 0 spiro atoms. The number of nitrogens with zero attached hydrogens (tertiary/aromatic N) is 3. The number of anilines is 5. The maximum atomic E-state index is 11.3. The van der Waals surface area contributed by atoms with Gasteiger partial charge in [-0.05, 0) is 49.4 Å². The molecule has 1 aliphatic rings. The number of hydrogen-bond acceptors (Lipinski definition) is 7. The van der Waals surface area contributed by atoms with Crippen molar-refractivity contribution in [3.05, 3.63) is 60.3 Å². The Balaban J connectivity index is 1.47. The maximum Gasteiger partial charge on any atom is 0.229 e. The first-order chi connectivity index (χ1) is 14.6. The highest BCUT2D eigenvalue weighted by atomic mass is 32.2. The van der Waals surface area contributed by atoms with Crippen molar-refractivity contribution < 1.29 is 8.76 Å². The second-order valence-electron chi connectivity index (χ2n) is 7.04. The van der Waals surface area contributed by atoms with Crippen molar-refractivity contribution in [1.29, 1.82) is 0 Å². The number of aromatic nitrogens is 2. The predicted octanol–water partition coefficient (Wildman–Crippen LogP) is 3.26. The van der Waals surface area contributed by atoms with Crippen molar-refractivity contribution in [3.8, 4) is 0 Å². The third-order valence-electron chi connectivity index (χ3n) is 4.88. The summed E-state index contributed by atoms with van der Waals surface area (Å²) in [6.07, 6.45) is 1.74. The minimum absolute atomic E-state index is 0.328. The molecule has 0 aliphatic carbocycles. The van der Waals surface area contributed by atoms with E-state index in [4.69, 9.17) is 0 Å². The van der Waals surface area contributed by atoms with Gasteiger partial charge in [-0.2, -0.15) is 4.98 Å². The van der Waals surface area contributed by atoms with Crippen LogP contribution in [0.4, 0.5) is 28.8 Å². The van der Waals surface area contributed by atoms with Gasteiger partial charge in [0, 0.05) is 55.0 Å². The molecule has 1 fully saturated rings. The van der Waals surface area contributed by atoms with Gasteiger partial charge >= 0.3 is 0 Å². The minimum Gasteiger partial charge on any atom is -0.369 e. The normalized spacial score (nSPS) is 14.9. The zero-order valence-electron chi connectivity index (χ0n) is 16.6. The van der Waals surface area contributed by atoms with Crippen LogP contribution < -0.4 is 20.9 Å². The second-order valence-corrected chi connectivity index (χ2v) is 8.01. The van der Waals surface area contributed by atoms with E-state index in [1.54, 1.807) is 24.4 Å². The smallest absolute Gasteiger partial charge is 0.229 e. The van der Waals surface area contributed by atoms with Crippen LogP contribution in [0.1, 0.15) is 5.56 Å². The fraction of sp³-hybridized carbons (Fsp3) is 0.238. The summed E-state index contributed by atoms with van der Waals surface area (Å²) in [4.78, 5) is 11.6. The summed E-state index contributed by atoms with van der Waals surface area (Å²) in [7, 11) is 0. The van der Waals surface area contributed by atoms with Crippen LogP contribution in [0.5, 0.6) is 0 Å². The number of rotatable bonds is 6. The van der Waals surface area contributed by atoms with Gasteiger partial charge in [0.1, 0.15) is 5.82 Å². The molecular weight excluding hydrogens is 400 g/mol. The molecule has 4 rings (SSSR count). The van der Waals surface area contributed by atoms with Crippen LogP contribution in [-0.2, 0) is 11.1 Å². The Morgan fingerprint density at radius 2 is 1.83 bits per heavy atom. The van der Waals surface area contributed by atoms with Crippen LogP contribution in [-0.4, -0.2) is 44.9 Å². The monoisotopic (exact) mass is 424 g/mol. The molecule has 4 N–H and O–H groups in total. The summed E-state index contributed by atoms with van der Waals surface area (Å²) in [5, 5.41) is 9.79. The molecule has 1 unspecified atom stereocenters. The standard InChI is InChI=1S/C21H24N6O2S/c1-15-14-23-21(26-20(15)24-17-3-2-4-19(13-17)30(28)29)25-16-5-7-18(8-6-16)27-11-9-22-10-12-27/h2-8,13-14,22H,9-12H2,1H3,(H,28,29)(H2,23,24,25,26). The fourth-order valence-corrected chi connectivity index (χ4v) is 3.68. The predicted molar refractivity (Wildman–Crippen MR) is 120 cm³/mol. The molecule has 0 bridgehead atoms. The zero-order valence-corrected chi connectivity index (χ0v) is 17.4. The van der Waals surface area contributed by atoms with Gasteiger partial charge in [0.05, 0.1) is 4.90 Å².